The molecule has 0 radical (unpaired) electrons. The Bertz CT molecular complexity index is 213. The first-order valence-corrected chi connectivity index (χ1v) is 5.47. The first-order valence-electron chi connectivity index (χ1n) is 5.10. The second-order valence-corrected chi connectivity index (χ2v) is 4.54. The van der Waals surface area contributed by atoms with E-state index < -0.39 is 0 Å². The molecular weight excluding hydrogens is 184 g/mol. The van der Waals surface area contributed by atoms with E-state index >= 15 is 0 Å². The smallest absolute Gasteiger partial charge is 0.0341 e. The van der Waals surface area contributed by atoms with Gasteiger partial charge in [0, 0.05) is 24.2 Å². The van der Waals surface area contributed by atoms with Gasteiger partial charge in [0.1, 0.15) is 0 Å². The van der Waals surface area contributed by atoms with Crippen molar-refractivity contribution in [2.24, 2.45) is 11.7 Å². The van der Waals surface area contributed by atoms with Crippen molar-refractivity contribution >= 4 is 11.6 Å². The average molecular weight is 201 g/mol. The highest BCUT2D eigenvalue weighted by Gasteiger charge is 2.34. The van der Waals surface area contributed by atoms with Crippen molar-refractivity contribution in [3.05, 3.63) is 11.1 Å². The zero-order chi connectivity index (χ0) is 9.26. The van der Waals surface area contributed by atoms with Crippen LogP contribution in [0, 0.1) is 5.92 Å². The Morgan fingerprint density at radius 2 is 2.38 bits per heavy atom. The van der Waals surface area contributed by atoms with Gasteiger partial charge in [-0.3, -0.25) is 4.90 Å². The zero-order valence-corrected chi connectivity index (χ0v) is 8.63. The summed E-state index contributed by atoms with van der Waals surface area (Å²) in [6.45, 7) is 2.95. The van der Waals surface area contributed by atoms with Gasteiger partial charge in [-0.2, -0.15) is 0 Å². The number of nitrogens with zero attached hydrogens (tertiary/aromatic N) is 1. The molecule has 0 aromatic heterocycles. The summed E-state index contributed by atoms with van der Waals surface area (Å²) in [7, 11) is 0. The fourth-order valence-electron chi connectivity index (χ4n) is 2.31. The predicted octanol–water partition coefficient (Wildman–Crippen LogP) is 1.55. The number of hydrogen-bond acceptors (Lipinski definition) is 2. The third-order valence-corrected chi connectivity index (χ3v) is 3.56. The molecule has 1 aliphatic carbocycles. The van der Waals surface area contributed by atoms with Crippen LogP contribution in [0.25, 0.3) is 0 Å². The Labute approximate surface area is 84.7 Å². The standard InChI is InChI=1S/C10H17ClN2/c11-9-2-1-5-13(7-9)10-4-3-8(10)6-12/h2,8,10H,1,3-7,12H2. The van der Waals surface area contributed by atoms with E-state index in [1.807, 2.05) is 0 Å². The molecule has 1 heterocycles. The van der Waals surface area contributed by atoms with E-state index in [0.717, 1.165) is 37.0 Å². The average Bonchev–Trinajstić information content (AvgIpc) is 2.03. The van der Waals surface area contributed by atoms with Gasteiger partial charge in [-0.1, -0.05) is 17.7 Å². The lowest BCUT2D eigenvalue weighted by atomic mass is 9.78. The number of halogens is 1. The van der Waals surface area contributed by atoms with Crippen molar-refractivity contribution in [3.63, 3.8) is 0 Å². The molecule has 0 bridgehead atoms. The summed E-state index contributed by atoms with van der Waals surface area (Å²) in [6.07, 6.45) is 5.85. The Kier molecular flexibility index (Phi) is 2.92. The van der Waals surface area contributed by atoms with E-state index in [2.05, 4.69) is 11.0 Å². The van der Waals surface area contributed by atoms with Gasteiger partial charge < -0.3 is 5.73 Å². The summed E-state index contributed by atoms with van der Waals surface area (Å²) < 4.78 is 0. The molecule has 2 aliphatic rings. The third kappa shape index (κ3) is 1.90. The van der Waals surface area contributed by atoms with Crippen molar-refractivity contribution in [1.29, 1.82) is 0 Å². The normalized spacial score (nSPS) is 35.4. The van der Waals surface area contributed by atoms with Crippen LogP contribution in [0.1, 0.15) is 19.3 Å². The Hall–Kier alpha value is -0.0500. The molecule has 0 spiro atoms. The van der Waals surface area contributed by atoms with Crippen LogP contribution in [0.2, 0.25) is 0 Å². The SMILES string of the molecule is NCC1CCC1N1CCC=C(Cl)C1. The highest BCUT2D eigenvalue weighted by Crippen LogP contribution is 2.33. The molecule has 2 nitrogen and oxygen atoms in total. The molecule has 2 N–H and O–H groups in total. The summed E-state index contributed by atoms with van der Waals surface area (Å²) in [5.41, 5.74) is 5.69. The number of rotatable bonds is 2. The van der Waals surface area contributed by atoms with Crippen LogP contribution in [-0.4, -0.2) is 30.6 Å². The van der Waals surface area contributed by atoms with Gasteiger partial charge in [0.15, 0.2) is 0 Å². The van der Waals surface area contributed by atoms with Crippen molar-refractivity contribution in [1.82, 2.24) is 4.90 Å². The molecule has 1 saturated carbocycles. The molecule has 0 amide bonds. The molecule has 0 aromatic rings. The number of hydrogen-bond donors (Lipinski definition) is 1. The topological polar surface area (TPSA) is 29.3 Å². The molecule has 0 aromatic carbocycles. The Morgan fingerprint density at radius 1 is 1.54 bits per heavy atom. The summed E-state index contributed by atoms with van der Waals surface area (Å²) in [5, 5.41) is 1.01. The van der Waals surface area contributed by atoms with Crippen LogP contribution in [-0.2, 0) is 0 Å². The second kappa shape index (κ2) is 3.99. The molecule has 13 heavy (non-hydrogen) atoms. The Morgan fingerprint density at radius 3 is 2.92 bits per heavy atom. The van der Waals surface area contributed by atoms with Gasteiger partial charge in [-0.15, -0.1) is 0 Å². The molecule has 2 atom stereocenters. The lowest BCUT2D eigenvalue weighted by Gasteiger charge is -2.45. The first-order chi connectivity index (χ1) is 6.31. The largest absolute Gasteiger partial charge is 0.330 e. The van der Waals surface area contributed by atoms with E-state index in [4.69, 9.17) is 17.3 Å². The maximum absolute atomic E-state index is 6.02. The van der Waals surface area contributed by atoms with Gasteiger partial charge >= 0.3 is 0 Å². The van der Waals surface area contributed by atoms with Gasteiger partial charge in [-0.05, 0) is 31.7 Å². The minimum absolute atomic E-state index is 0.715. The molecule has 1 aliphatic heterocycles. The van der Waals surface area contributed by atoms with E-state index in [1.165, 1.54) is 12.8 Å². The van der Waals surface area contributed by atoms with Gasteiger partial charge in [0.25, 0.3) is 0 Å². The van der Waals surface area contributed by atoms with Gasteiger partial charge in [-0.25, -0.2) is 0 Å². The summed E-state index contributed by atoms with van der Waals surface area (Å²) in [6, 6.07) is 0.715. The van der Waals surface area contributed by atoms with Crippen LogP contribution in [0.5, 0.6) is 0 Å². The molecular formula is C10H17ClN2. The van der Waals surface area contributed by atoms with E-state index in [0.29, 0.717) is 6.04 Å². The quantitative estimate of drug-likeness (QED) is 0.733. The predicted molar refractivity (Wildman–Crippen MR) is 55.7 cm³/mol. The third-order valence-electron chi connectivity index (χ3n) is 3.29. The number of nitrogens with two attached hydrogens (primary N) is 1. The second-order valence-electron chi connectivity index (χ2n) is 4.05. The van der Waals surface area contributed by atoms with Crippen molar-refractivity contribution in [2.75, 3.05) is 19.6 Å². The lowest BCUT2D eigenvalue weighted by molar-refractivity contribution is 0.0739. The van der Waals surface area contributed by atoms with Crippen LogP contribution < -0.4 is 5.73 Å². The molecule has 2 rings (SSSR count). The van der Waals surface area contributed by atoms with Crippen molar-refractivity contribution in [3.8, 4) is 0 Å². The van der Waals surface area contributed by atoms with Crippen LogP contribution in [0.15, 0.2) is 11.1 Å². The maximum Gasteiger partial charge on any atom is 0.0341 e. The highest BCUT2D eigenvalue weighted by atomic mass is 35.5. The molecule has 3 heteroatoms. The Balaban J connectivity index is 1.91. The van der Waals surface area contributed by atoms with E-state index in [9.17, 15) is 0 Å². The van der Waals surface area contributed by atoms with Gasteiger partial charge in [0.05, 0.1) is 0 Å². The molecule has 74 valence electrons. The van der Waals surface area contributed by atoms with Crippen LogP contribution in [0.3, 0.4) is 0 Å². The minimum atomic E-state index is 0.715. The summed E-state index contributed by atoms with van der Waals surface area (Å²) >= 11 is 6.02. The highest BCUT2D eigenvalue weighted by molar-refractivity contribution is 6.29. The molecule has 1 fully saturated rings. The monoisotopic (exact) mass is 200 g/mol. The summed E-state index contributed by atoms with van der Waals surface area (Å²) in [5.74, 6) is 0.725. The first kappa shape index (κ1) is 9.50. The maximum atomic E-state index is 6.02. The van der Waals surface area contributed by atoms with Crippen molar-refractivity contribution < 1.29 is 0 Å². The molecule has 2 unspecified atom stereocenters. The van der Waals surface area contributed by atoms with Crippen LogP contribution in [0.4, 0.5) is 0 Å². The lowest BCUT2D eigenvalue weighted by Crippen LogP contribution is -2.51. The fourth-order valence-corrected chi connectivity index (χ4v) is 2.58. The zero-order valence-electron chi connectivity index (χ0n) is 7.88. The fraction of sp³-hybridized carbons (Fsp3) is 0.800. The molecule has 0 saturated heterocycles. The minimum Gasteiger partial charge on any atom is -0.330 e. The van der Waals surface area contributed by atoms with E-state index in [1.54, 1.807) is 0 Å². The van der Waals surface area contributed by atoms with E-state index in [-0.39, 0.29) is 0 Å². The van der Waals surface area contributed by atoms with Crippen LogP contribution >= 0.6 is 11.6 Å². The van der Waals surface area contributed by atoms with Gasteiger partial charge in [0.2, 0.25) is 0 Å². The van der Waals surface area contributed by atoms with Crippen molar-refractivity contribution in [2.45, 2.75) is 25.3 Å². The summed E-state index contributed by atoms with van der Waals surface area (Å²) in [4.78, 5) is 2.49.